The Morgan fingerprint density at radius 3 is 2.17 bits per heavy atom. The monoisotopic (exact) mass is 238 g/mol. The average Bonchev–Trinajstić information content (AvgIpc) is 2.42. The number of hydrogen-bond donors (Lipinski definition) is 0. The summed E-state index contributed by atoms with van der Waals surface area (Å²) in [5, 5.41) is 0. The summed E-state index contributed by atoms with van der Waals surface area (Å²) in [5.74, 6) is 0.985. The number of para-hydroxylation sites is 1. The maximum absolute atomic E-state index is 4.44. The molecule has 0 aromatic heterocycles. The van der Waals surface area contributed by atoms with E-state index >= 15 is 0 Å². The Balaban J connectivity index is 2.40. The highest BCUT2D eigenvalue weighted by Crippen LogP contribution is 2.17. The van der Waals surface area contributed by atoms with Crippen molar-refractivity contribution in [2.24, 2.45) is 4.99 Å². The second kappa shape index (κ2) is 5.50. The summed E-state index contributed by atoms with van der Waals surface area (Å²) in [7, 11) is 3.88. The van der Waals surface area contributed by atoms with Crippen molar-refractivity contribution in [3.8, 4) is 0 Å². The van der Waals surface area contributed by atoms with Gasteiger partial charge >= 0.3 is 0 Å². The lowest BCUT2D eigenvalue weighted by molar-refractivity contribution is 1.22. The van der Waals surface area contributed by atoms with Gasteiger partial charge in [0.05, 0.1) is 0 Å². The molecule has 18 heavy (non-hydrogen) atoms. The van der Waals surface area contributed by atoms with Crippen LogP contribution in [-0.2, 0) is 0 Å². The minimum Gasteiger partial charge on any atom is -0.329 e. The highest BCUT2D eigenvalue weighted by atomic mass is 15.2. The molecule has 0 saturated heterocycles. The molecule has 0 spiro atoms. The van der Waals surface area contributed by atoms with E-state index in [4.69, 9.17) is 0 Å². The fourth-order valence-electron chi connectivity index (χ4n) is 2.05. The minimum atomic E-state index is 0.985. The Morgan fingerprint density at radius 2 is 1.56 bits per heavy atom. The zero-order chi connectivity index (χ0) is 13.0. The quantitative estimate of drug-likeness (QED) is 0.577. The van der Waals surface area contributed by atoms with Crippen molar-refractivity contribution in [3.05, 3.63) is 65.7 Å². The highest BCUT2D eigenvalue weighted by molar-refractivity contribution is 6.10. The van der Waals surface area contributed by atoms with Crippen molar-refractivity contribution in [2.75, 3.05) is 19.0 Å². The van der Waals surface area contributed by atoms with Crippen molar-refractivity contribution >= 4 is 11.5 Å². The molecule has 0 aliphatic rings. The Bertz CT molecular complexity index is 544. The van der Waals surface area contributed by atoms with Crippen molar-refractivity contribution in [1.29, 1.82) is 0 Å². The summed E-state index contributed by atoms with van der Waals surface area (Å²) in [6.45, 7) is 2.11. The zero-order valence-corrected chi connectivity index (χ0v) is 11.1. The largest absolute Gasteiger partial charge is 0.329 e. The molecule has 2 nitrogen and oxygen atoms in total. The number of benzene rings is 2. The van der Waals surface area contributed by atoms with Crippen molar-refractivity contribution in [3.63, 3.8) is 0 Å². The lowest BCUT2D eigenvalue weighted by Gasteiger charge is -2.22. The van der Waals surface area contributed by atoms with Gasteiger partial charge in [-0.3, -0.25) is 4.99 Å². The van der Waals surface area contributed by atoms with Crippen LogP contribution in [0.1, 0.15) is 11.1 Å². The van der Waals surface area contributed by atoms with Gasteiger partial charge in [0.1, 0.15) is 5.84 Å². The van der Waals surface area contributed by atoms with E-state index in [-0.39, 0.29) is 0 Å². The topological polar surface area (TPSA) is 15.6 Å². The van der Waals surface area contributed by atoms with Gasteiger partial charge in [-0.05, 0) is 24.6 Å². The number of rotatable bonds is 2. The molecule has 0 bridgehead atoms. The molecule has 0 unspecified atom stereocenters. The van der Waals surface area contributed by atoms with Crippen LogP contribution in [0.4, 0.5) is 5.69 Å². The molecule has 0 fully saturated rings. The second-order valence-corrected chi connectivity index (χ2v) is 4.26. The fourth-order valence-corrected chi connectivity index (χ4v) is 2.05. The van der Waals surface area contributed by atoms with Crippen LogP contribution in [0, 0.1) is 6.92 Å². The van der Waals surface area contributed by atoms with Crippen LogP contribution < -0.4 is 4.90 Å². The summed E-state index contributed by atoms with van der Waals surface area (Å²) in [6.07, 6.45) is 0. The number of anilines is 1. The lowest BCUT2D eigenvalue weighted by Crippen LogP contribution is -2.27. The Morgan fingerprint density at radius 1 is 0.944 bits per heavy atom. The number of hydrogen-bond acceptors (Lipinski definition) is 1. The van der Waals surface area contributed by atoms with Crippen molar-refractivity contribution < 1.29 is 0 Å². The first-order chi connectivity index (χ1) is 8.74. The Kier molecular flexibility index (Phi) is 3.78. The number of aliphatic imine (C=N–C) groups is 1. The van der Waals surface area contributed by atoms with Gasteiger partial charge in [0.2, 0.25) is 0 Å². The first kappa shape index (κ1) is 12.4. The van der Waals surface area contributed by atoms with Crippen LogP contribution >= 0.6 is 0 Å². The summed E-state index contributed by atoms with van der Waals surface area (Å²) in [5.41, 5.74) is 3.55. The van der Waals surface area contributed by atoms with E-state index in [9.17, 15) is 0 Å². The fraction of sp³-hybridized carbons (Fsp3) is 0.188. The van der Waals surface area contributed by atoms with Crippen LogP contribution in [0.2, 0.25) is 0 Å². The number of nitrogens with zero attached hydrogens (tertiary/aromatic N) is 2. The Labute approximate surface area is 109 Å². The SMILES string of the molecule is CN=C(c1ccccc1C)N(C)c1ccccc1. The average molecular weight is 238 g/mol. The van der Waals surface area contributed by atoms with Crippen LogP contribution in [0.3, 0.4) is 0 Å². The maximum Gasteiger partial charge on any atom is 0.135 e. The van der Waals surface area contributed by atoms with Gasteiger partial charge in [-0.2, -0.15) is 0 Å². The van der Waals surface area contributed by atoms with Crippen molar-refractivity contribution in [1.82, 2.24) is 0 Å². The molecule has 0 aliphatic carbocycles. The molecular formula is C16H18N2. The molecule has 92 valence electrons. The van der Waals surface area contributed by atoms with E-state index in [0.717, 1.165) is 11.5 Å². The van der Waals surface area contributed by atoms with E-state index in [2.05, 4.69) is 47.1 Å². The molecule has 0 amide bonds. The third-order valence-corrected chi connectivity index (χ3v) is 3.06. The highest BCUT2D eigenvalue weighted by Gasteiger charge is 2.11. The zero-order valence-electron chi connectivity index (χ0n) is 11.1. The molecule has 2 aromatic carbocycles. The van der Waals surface area contributed by atoms with Crippen molar-refractivity contribution in [2.45, 2.75) is 6.92 Å². The van der Waals surface area contributed by atoms with Gasteiger partial charge in [0, 0.05) is 25.3 Å². The summed E-state index contributed by atoms with van der Waals surface area (Å²) in [6, 6.07) is 18.6. The molecule has 0 atom stereocenters. The predicted octanol–water partition coefficient (Wildman–Crippen LogP) is 3.51. The maximum atomic E-state index is 4.44. The van der Waals surface area contributed by atoms with Crippen LogP contribution in [0.15, 0.2) is 59.6 Å². The van der Waals surface area contributed by atoms with Gasteiger partial charge in [-0.15, -0.1) is 0 Å². The van der Waals surface area contributed by atoms with E-state index in [1.165, 1.54) is 11.1 Å². The first-order valence-corrected chi connectivity index (χ1v) is 6.05. The summed E-state index contributed by atoms with van der Waals surface area (Å²) >= 11 is 0. The molecule has 2 aromatic rings. The van der Waals surface area contributed by atoms with Gasteiger partial charge < -0.3 is 4.90 Å². The van der Waals surface area contributed by atoms with E-state index in [1.807, 2.05) is 38.4 Å². The molecule has 0 radical (unpaired) electrons. The smallest absolute Gasteiger partial charge is 0.135 e. The second-order valence-electron chi connectivity index (χ2n) is 4.26. The van der Waals surface area contributed by atoms with Crippen LogP contribution in [0.25, 0.3) is 0 Å². The normalized spacial score (nSPS) is 11.4. The molecule has 0 aliphatic heterocycles. The summed E-state index contributed by atoms with van der Waals surface area (Å²) < 4.78 is 0. The van der Waals surface area contributed by atoms with Crippen LogP contribution in [0.5, 0.6) is 0 Å². The third kappa shape index (κ3) is 2.43. The summed E-state index contributed by atoms with van der Waals surface area (Å²) in [4.78, 5) is 6.55. The van der Waals surface area contributed by atoms with E-state index in [1.54, 1.807) is 0 Å². The number of amidine groups is 1. The van der Waals surface area contributed by atoms with Gasteiger partial charge in [0.15, 0.2) is 0 Å². The standard InChI is InChI=1S/C16H18N2/c1-13-9-7-8-12-15(13)16(17-2)18(3)14-10-5-4-6-11-14/h4-12H,1-3H3. The molecule has 0 saturated carbocycles. The number of aryl methyl sites for hydroxylation is 1. The van der Waals surface area contributed by atoms with Gasteiger partial charge in [-0.25, -0.2) is 0 Å². The molecule has 0 heterocycles. The first-order valence-electron chi connectivity index (χ1n) is 6.05. The Hall–Kier alpha value is -2.09. The van der Waals surface area contributed by atoms with Gasteiger partial charge in [0.25, 0.3) is 0 Å². The van der Waals surface area contributed by atoms with Crippen LogP contribution in [-0.4, -0.2) is 19.9 Å². The van der Waals surface area contributed by atoms with Gasteiger partial charge in [-0.1, -0.05) is 42.5 Å². The third-order valence-electron chi connectivity index (χ3n) is 3.06. The molecular weight excluding hydrogens is 220 g/mol. The molecule has 2 rings (SSSR count). The van der Waals surface area contributed by atoms with E-state index < -0.39 is 0 Å². The predicted molar refractivity (Wildman–Crippen MR) is 78.5 cm³/mol. The van der Waals surface area contributed by atoms with E-state index in [0.29, 0.717) is 0 Å². The minimum absolute atomic E-state index is 0.985. The molecule has 0 N–H and O–H groups in total. The lowest BCUT2D eigenvalue weighted by atomic mass is 10.1. The molecule has 2 heteroatoms.